The predicted octanol–water partition coefficient (Wildman–Crippen LogP) is 5.44. The summed E-state index contributed by atoms with van der Waals surface area (Å²) in [7, 11) is -1.73. The molecular weight excluding hydrogens is 395 g/mol. The van der Waals surface area contributed by atoms with Crippen LogP contribution in [0, 0.1) is 3.57 Å². The summed E-state index contributed by atoms with van der Waals surface area (Å²) in [6.07, 6.45) is 0. The van der Waals surface area contributed by atoms with Gasteiger partial charge in [-0.25, -0.2) is 0 Å². The van der Waals surface area contributed by atoms with Crippen LogP contribution in [0.5, 0.6) is 5.75 Å². The summed E-state index contributed by atoms with van der Waals surface area (Å²) in [4.78, 5) is 0. The largest absolute Gasteiger partial charge is 0.543 e. The number of rotatable bonds is 2. The van der Waals surface area contributed by atoms with E-state index in [0.29, 0.717) is 0 Å². The first kappa shape index (κ1) is 14.5. The van der Waals surface area contributed by atoms with Gasteiger partial charge in [0, 0.05) is 4.47 Å². The molecule has 0 heterocycles. The second kappa shape index (κ2) is 4.98. The molecule has 0 saturated heterocycles. The molecule has 0 spiro atoms. The van der Waals surface area contributed by atoms with Gasteiger partial charge in [-0.3, -0.25) is 0 Å². The van der Waals surface area contributed by atoms with Gasteiger partial charge in [-0.2, -0.15) is 0 Å². The molecule has 0 amide bonds. The van der Waals surface area contributed by atoms with Crippen molar-refractivity contribution in [2.24, 2.45) is 0 Å². The molecule has 1 aromatic carbocycles. The standard InChI is InChI=1S/C12H18BrIOSi/c1-12(2,3)16(4,5)15-11-8-9(13)6-7-10(11)14/h6-8H,1-5H3. The maximum atomic E-state index is 6.28. The lowest BCUT2D eigenvalue weighted by molar-refractivity contribution is 0.489. The molecule has 0 unspecified atom stereocenters. The van der Waals surface area contributed by atoms with Gasteiger partial charge >= 0.3 is 0 Å². The van der Waals surface area contributed by atoms with Gasteiger partial charge in [-0.05, 0) is 58.9 Å². The molecule has 0 atom stereocenters. The van der Waals surface area contributed by atoms with Crippen molar-refractivity contribution in [3.05, 3.63) is 26.2 Å². The van der Waals surface area contributed by atoms with E-state index in [9.17, 15) is 0 Å². The monoisotopic (exact) mass is 412 g/mol. The lowest BCUT2D eigenvalue weighted by Gasteiger charge is -2.36. The number of halogens is 2. The van der Waals surface area contributed by atoms with Crippen molar-refractivity contribution in [1.29, 1.82) is 0 Å². The molecule has 0 aliphatic carbocycles. The Bertz CT molecular complexity index is 385. The number of hydrogen-bond donors (Lipinski definition) is 0. The maximum absolute atomic E-state index is 6.28. The van der Waals surface area contributed by atoms with Crippen molar-refractivity contribution in [3.63, 3.8) is 0 Å². The molecule has 90 valence electrons. The Morgan fingerprint density at radius 3 is 2.31 bits per heavy atom. The van der Waals surface area contributed by atoms with Crippen molar-refractivity contribution in [2.45, 2.75) is 38.9 Å². The Kier molecular flexibility index (Phi) is 4.51. The molecule has 0 radical (unpaired) electrons. The third-order valence-corrected chi connectivity index (χ3v) is 8.79. The lowest BCUT2D eigenvalue weighted by atomic mass is 10.2. The van der Waals surface area contributed by atoms with Gasteiger partial charge in [0.1, 0.15) is 5.75 Å². The Morgan fingerprint density at radius 2 is 1.81 bits per heavy atom. The van der Waals surface area contributed by atoms with Crippen LogP contribution in [0.4, 0.5) is 0 Å². The molecule has 0 aliphatic rings. The van der Waals surface area contributed by atoms with Crippen molar-refractivity contribution < 1.29 is 4.43 Å². The average molecular weight is 413 g/mol. The van der Waals surface area contributed by atoms with Crippen LogP contribution in [0.1, 0.15) is 20.8 Å². The first-order chi connectivity index (χ1) is 7.13. The molecule has 4 heteroatoms. The minimum absolute atomic E-state index is 0.235. The molecule has 0 bridgehead atoms. The Morgan fingerprint density at radius 1 is 1.25 bits per heavy atom. The molecule has 0 aromatic heterocycles. The van der Waals surface area contributed by atoms with Crippen molar-refractivity contribution in [2.75, 3.05) is 0 Å². The number of hydrogen-bond acceptors (Lipinski definition) is 1. The molecule has 0 aliphatic heterocycles. The van der Waals surface area contributed by atoms with Crippen LogP contribution in [0.25, 0.3) is 0 Å². The summed E-state index contributed by atoms with van der Waals surface area (Å²) in [5, 5.41) is 0.235. The van der Waals surface area contributed by atoms with Gasteiger partial charge in [0.25, 0.3) is 8.32 Å². The van der Waals surface area contributed by atoms with Crippen molar-refractivity contribution in [1.82, 2.24) is 0 Å². The highest BCUT2D eigenvalue weighted by atomic mass is 127. The van der Waals surface area contributed by atoms with E-state index >= 15 is 0 Å². The minimum atomic E-state index is -1.73. The Labute approximate surface area is 121 Å². The molecule has 0 N–H and O–H groups in total. The van der Waals surface area contributed by atoms with E-state index in [1.54, 1.807) is 0 Å². The molecule has 1 rings (SSSR count). The lowest BCUT2D eigenvalue weighted by Crippen LogP contribution is -2.44. The first-order valence-corrected chi connectivity index (χ1v) is 10.1. The summed E-state index contributed by atoms with van der Waals surface area (Å²) in [6.45, 7) is 11.3. The van der Waals surface area contributed by atoms with E-state index in [1.807, 2.05) is 6.07 Å². The SMILES string of the molecule is CC(C)(C)[Si](C)(C)Oc1cc(Br)ccc1I. The third kappa shape index (κ3) is 3.47. The van der Waals surface area contributed by atoms with E-state index in [2.05, 4.69) is 84.5 Å². The van der Waals surface area contributed by atoms with Gasteiger partial charge in [0.15, 0.2) is 0 Å². The fourth-order valence-corrected chi connectivity index (χ4v) is 3.00. The molecule has 16 heavy (non-hydrogen) atoms. The summed E-state index contributed by atoms with van der Waals surface area (Å²) in [5.41, 5.74) is 0. The highest BCUT2D eigenvalue weighted by Gasteiger charge is 2.39. The number of benzene rings is 1. The normalized spacial score (nSPS) is 12.7. The Balaban J connectivity index is 3.01. The summed E-state index contributed by atoms with van der Waals surface area (Å²) in [6, 6.07) is 6.18. The fraction of sp³-hybridized carbons (Fsp3) is 0.500. The highest BCUT2D eigenvalue weighted by molar-refractivity contribution is 14.1. The van der Waals surface area contributed by atoms with Crippen LogP contribution in [-0.4, -0.2) is 8.32 Å². The van der Waals surface area contributed by atoms with Crippen molar-refractivity contribution >= 4 is 46.8 Å². The smallest absolute Gasteiger partial charge is 0.250 e. The van der Waals surface area contributed by atoms with Gasteiger partial charge in [0.2, 0.25) is 0 Å². The van der Waals surface area contributed by atoms with E-state index in [1.165, 1.54) is 3.57 Å². The van der Waals surface area contributed by atoms with Crippen LogP contribution < -0.4 is 4.43 Å². The maximum Gasteiger partial charge on any atom is 0.250 e. The molecular formula is C12H18BrIOSi. The molecule has 0 fully saturated rings. The van der Waals surface area contributed by atoms with Crippen LogP contribution >= 0.6 is 38.5 Å². The van der Waals surface area contributed by atoms with Crippen LogP contribution in [-0.2, 0) is 0 Å². The topological polar surface area (TPSA) is 9.23 Å². The van der Waals surface area contributed by atoms with Crippen LogP contribution in [0.3, 0.4) is 0 Å². The van der Waals surface area contributed by atoms with Crippen LogP contribution in [0.15, 0.2) is 22.7 Å². The Hall–Kier alpha value is 0.447. The van der Waals surface area contributed by atoms with Crippen molar-refractivity contribution in [3.8, 4) is 5.75 Å². The molecule has 0 saturated carbocycles. The average Bonchev–Trinajstić information content (AvgIpc) is 2.09. The second-order valence-electron chi connectivity index (χ2n) is 5.44. The highest BCUT2D eigenvalue weighted by Crippen LogP contribution is 2.38. The summed E-state index contributed by atoms with van der Waals surface area (Å²) in [5.74, 6) is 1.00. The predicted molar refractivity (Wildman–Crippen MR) is 84.7 cm³/mol. The van der Waals surface area contributed by atoms with Gasteiger partial charge in [-0.1, -0.05) is 36.7 Å². The van der Waals surface area contributed by atoms with E-state index in [0.717, 1.165) is 10.2 Å². The third-order valence-electron chi connectivity index (χ3n) is 3.06. The molecule has 1 nitrogen and oxygen atoms in total. The van der Waals surface area contributed by atoms with E-state index in [4.69, 9.17) is 4.43 Å². The summed E-state index contributed by atoms with van der Waals surface area (Å²) < 4.78 is 8.52. The van der Waals surface area contributed by atoms with Gasteiger partial charge in [0.05, 0.1) is 3.57 Å². The van der Waals surface area contributed by atoms with E-state index in [-0.39, 0.29) is 5.04 Å². The minimum Gasteiger partial charge on any atom is -0.543 e. The zero-order valence-corrected chi connectivity index (χ0v) is 15.1. The quantitative estimate of drug-likeness (QED) is 0.464. The fourth-order valence-electron chi connectivity index (χ4n) is 0.983. The zero-order chi connectivity index (χ0) is 12.6. The summed E-state index contributed by atoms with van der Waals surface area (Å²) >= 11 is 5.81. The zero-order valence-electron chi connectivity index (χ0n) is 10.4. The van der Waals surface area contributed by atoms with Gasteiger partial charge in [-0.15, -0.1) is 0 Å². The first-order valence-electron chi connectivity index (χ1n) is 5.27. The van der Waals surface area contributed by atoms with E-state index < -0.39 is 8.32 Å². The van der Waals surface area contributed by atoms with Crippen LogP contribution in [0.2, 0.25) is 18.1 Å². The molecule has 1 aromatic rings. The van der Waals surface area contributed by atoms with Gasteiger partial charge < -0.3 is 4.43 Å². The second-order valence-corrected chi connectivity index (χ2v) is 12.2.